The fourth-order valence-electron chi connectivity index (χ4n) is 4.63. The van der Waals surface area contributed by atoms with E-state index < -0.39 is 6.04 Å². The normalized spacial score (nSPS) is 16.2. The molecule has 1 heterocycles. The van der Waals surface area contributed by atoms with E-state index in [0.717, 1.165) is 47.3 Å². The van der Waals surface area contributed by atoms with E-state index in [9.17, 15) is 4.79 Å². The molecular formula is C27H31N3O. The number of fused-ring (bicyclic) bond motifs is 3. The van der Waals surface area contributed by atoms with E-state index in [4.69, 9.17) is 11.5 Å². The predicted octanol–water partition coefficient (Wildman–Crippen LogP) is 5.10. The first-order chi connectivity index (χ1) is 15.0. The number of benzene rings is 3. The largest absolute Gasteiger partial charge is 0.398 e. The predicted molar refractivity (Wildman–Crippen MR) is 129 cm³/mol. The maximum absolute atomic E-state index is 13.3. The molecule has 31 heavy (non-hydrogen) atoms. The van der Waals surface area contributed by atoms with Gasteiger partial charge in [-0.3, -0.25) is 4.79 Å². The molecule has 0 fully saturated rings. The van der Waals surface area contributed by atoms with Gasteiger partial charge in [-0.2, -0.15) is 0 Å². The van der Waals surface area contributed by atoms with Crippen molar-refractivity contribution >= 4 is 17.3 Å². The van der Waals surface area contributed by atoms with Gasteiger partial charge in [-0.15, -0.1) is 0 Å². The second-order valence-corrected chi connectivity index (χ2v) is 8.42. The number of hydrogen-bond donors (Lipinski definition) is 2. The van der Waals surface area contributed by atoms with Crippen molar-refractivity contribution in [1.29, 1.82) is 0 Å². The van der Waals surface area contributed by atoms with Gasteiger partial charge in [0.05, 0.1) is 11.7 Å². The average molecular weight is 414 g/mol. The Kier molecular flexibility index (Phi) is 6.10. The highest BCUT2D eigenvalue weighted by Crippen LogP contribution is 2.46. The number of carbonyl (C=O) groups is 1. The minimum Gasteiger partial charge on any atom is -0.398 e. The van der Waals surface area contributed by atoms with E-state index in [1.807, 2.05) is 23.1 Å². The number of unbranched alkanes of at least 4 members (excludes halogenated alkanes) is 1. The summed E-state index contributed by atoms with van der Waals surface area (Å²) in [5.41, 5.74) is 20.1. The number of nitrogens with two attached hydrogens (primary N) is 2. The van der Waals surface area contributed by atoms with Crippen LogP contribution in [0.1, 0.15) is 49.3 Å². The Bertz CT molecular complexity index is 1080. The Labute approximate surface area is 184 Å². The zero-order chi connectivity index (χ0) is 22.0. The van der Waals surface area contributed by atoms with Gasteiger partial charge >= 0.3 is 0 Å². The van der Waals surface area contributed by atoms with Crippen LogP contribution in [0, 0.1) is 0 Å². The zero-order valence-electron chi connectivity index (χ0n) is 18.3. The van der Waals surface area contributed by atoms with Gasteiger partial charge in [-0.05, 0) is 54.2 Å². The lowest BCUT2D eigenvalue weighted by Gasteiger charge is -2.29. The van der Waals surface area contributed by atoms with Crippen LogP contribution >= 0.6 is 0 Å². The van der Waals surface area contributed by atoms with E-state index in [-0.39, 0.29) is 11.8 Å². The first-order valence-electron chi connectivity index (χ1n) is 11.2. The van der Waals surface area contributed by atoms with Gasteiger partial charge < -0.3 is 16.4 Å². The lowest BCUT2D eigenvalue weighted by molar-refractivity contribution is -0.119. The highest BCUT2D eigenvalue weighted by molar-refractivity contribution is 6.03. The summed E-state index contributed by atoms with van der Waals surface area (Å²) in [6, 6.07) is 22.3. The summed E-state index contributed by atoms with van der Waals surface area (Å²) in [4.78, 5) is 15.2. The molecule has 0 bridgehead atoms. The van der Waals surface area contributed by atoms with Crippen molar-refractivity contribution < 1.29 is 4.79 Å². The van der Waals surface area contributed by atoms with Gasteiger partial charge in [0.15, 0.2) is 0 Å². The molecule has 0 spiro atoms. The van der Waals surface area contributed by atoms with Crippen LogP contribution in [0.15, 0.2) is 66.7 Å². The lowest BCUT2D eigenvalue weighted by Crippen LogP contribution is -2.44. The Morgan fingerprint density at radius 1 is 1.06 bits per heavy atom. The molecule has 0 saturated heterocycles. The standard InChI is InChI=1S/C27H31N3O/c1-3-4-12-22-24(29)15-16-25-26(22)21-14-9-8-13-20(21)23(19-10-6-5-7-11-19)17-30(25)27(31)18(2)28/h5-11,13-16,18,23H,3-4,12,17,28-29H2,1-2H3/t18-,23?/m0/s1. The summed E-state index contributed by atoms with van der Waals surface area (Å²) >= 11 is 0. The lowest BCUT2D eigenvalue weighted by atomic mass is 9.85. The summed E-state index contributed by atoms with van der Waals surface area (Å²) in [5.74, 6) is -0.0195. The van der Waals surface area contributed by atoms with Gasteiger partial charge in [0.1, 0.15) is 0 Å². The third-order valence-corrected chi connectivity index (χ3v) is 6.23. The summed E-state index contributed by atoms with van der Waals surface area (Å²) in [6.07, 6.45) is 3.02. The van der Waals surface area contributed by atoms with Crippen molar-refractivity contribution in [1.82, 2.24) is 0 Å². The molecular weight excluding hydrogens is 382 g/mol. The number of hydrogen-bond acceptors (Lipinski definition) is 3. The SMILES string of the molecule is CCCCc1c(N)ccc2c1-c1ccccc1C(c1ccccc1)CN2C(=O)[C@H](C)N. The molecule has 1 amide bonds. The Hall–Kier alpha value is -3.11. The zero-order valence-corrected chi connectivity index (χ0v) is 18.3. The summed E-state index contributed by atoms with van der Waals surface area (Å²) in [6.45, 7) is 4.49. The van der Waals surface area contributed by atoms with Crippen LogP contribution in [0.3, 0.4) is 0 Å². The Morgan fingerprint density at radius 3 is 2.48 bits per heavy atom. The Morgan fingerprint density at radius 2 is 1.77 bits per heavy atom. The number of nitrogen functional groups attached to an aromatic ring is 1. The van der Waals surface area contributed by atoms with E-state index in [0.29, 0.717) is 6.54 Å². The van der Waals surface area contributed by atoms with Gasteiger partial charge in [0.25, 0.3) is 0 Å². The van der Waals surface area contributed by atoms with Gasteiger partial charge in [-0.25, -0.2) is 0 Å². The molecule has 0 aromatic heterocycles. The van der Waals surface area contributed by atoms with Crippen molar-refractivity contribution in [3.8, 4) is 11.1 Å². The maximum atomic E-state index is 13.3. The van der Waals surface area contributed by atoms with Crippen molar-refractivity contribution in [3.63, 3.8) is 0 Å². The van der Waals surface area contributed by atoms with E-state index in [1.165, 1.54) is 11.1 Å². The summed E-state index contributed by atoms with van der Waals surface area (Å²) in [5, 5.41) is 0. The summed E-state index contributed by atoms with van der Waals surface area (Å²) in [7, 11) is 0. The number of nitrogens with zero attached hydrogens (tertiary/aromatic N) is 1. The number of amides is 1. The van der Waals surface area contributed by atoms with Crippen LogP contribution in [-0.2, 0) is 11.2 Å². The summed E-state index contributed by atoms with van der Waals surface area (Å²) < 4.78 is 0. The van der Waals surface area contributed by atoms with Crippen LogP contribution in [0.5, 0.6) is 0 Å². The number of rotatable bonds is 5. The quantitative estimate of drug-likeness (QED) is 0.571. The first kappa shape index (κ1) is 21.1. The second-order valence-electron chi connectivity index (χ2n) is 8.42. The van der Waals surface area contributed by atoms with Crippen LogP contribution in [0.2, 0.25) is 0 Å². The molecule has 4 heteroatoms. The third-order valence-electron chi connectivity index (χ3n) is 6.23. The number of anilines is 2. The molecule has 1 aliphatic rings. The van der Waals surface area contributed by atoms with E-state index in [2.05, 4.69) is 55.5 Å². The van der Waals surface area contributed by atoms with Gasteiger partial charge in [0.2, 0.25) is 5.91 Å². The fourth-order valence-corrected chi connectivity index (χ4v) is 4.63. The Balaban J connectivity index is 2.01. The van der Waals surface area contributed by atoms with Crippen LogP contribution in [-0.4, -0.2) is 18.5 Å². The second kappa shape index (κ2) is 8.94. The van der Waals surface area contributed by atoms with E-state index >= 15 is 0 Å². The average Bonchev–Trinajstić information content (AvgIpc) is 2.93. The maximum Gasteiger partial charge on any atom is 0.243 e. The molecule has 4 N–H and O–H groups in total. The van der Waals surface area contributed by atoms with Crippen molar-refractivity contribution in [2.75, 3.05) is 17.2 Å². The topological polar surface area (TPSA) is 72.3 Å². The molecule has 160 valence electrons. The van der Waals surface area contributed by atoms with Crippen LogP contribution < -0.4 is 16.4 Å². The minimum absolute atomic E-state index is 0.0488. The molecule has 4 nitrogen and oxygen atoms in total. The molecule has 0 radical (unpaired) electrons. The molecule has 0 aliphatic carbocycles. The highest BCUT2D eigenvalue weighted by atomic mass is 16.2. The molecule has 0 saturated carbocycles. The fraction of sp³-hybridized carbons (Fsp3) is 0.296. The van der Waals surface area contributed by atoms with Crippen molar-refractivity contribution in [3.05, 3.63) is 83.4 Å². The molecule has 1 unspecified atom stereocenters. The van der Waals surface area contributed by atoms with Gasteiger partial charge in [0, 0.05) is 23.7 Å². The monoisotopic (exact) mass is 413 g/mol. The molecule has 4 rings (SSSR count). The minimum atomic E-state index is -0.581. The molecule has 1 aliphatic heterocycles. The number of carbonyl (C=O) groups excluding carboxylic acids is 1. The highest BCUT2D eigenvalue weighted by Gasteiger charge is 2.33. The third kappa shape index (κ3) is 3.96. The van der Waals surface area contributed by atoms with Gasteiger partial charge in [-0.1, -0.05) is 67.9 Å². The van der Waals surface area contributed by atoms with Crippen LogP contribution in [0.4, 0.5) is 11.4 Å². The smallest absolute Gasteiger partial charge is 0.243 e. The van der Waals surface area contributed by atoms with E-state index in [1.54, 1.807) is 6.92 Å². The molecule has 3 aromatic carbocycles. The first-order valence-corrected chi connectivity index (χ1v) is 11.2. The molecule has 3 aromatic rings. The van der Waals surface area contributed by atoms with Crippen LogP contribution in [0.25, 0.3) is 11.1 Å². The molecule has 2 atom stereocenters. The van der Waals surface area contributed by atoms with Crippen molar-refractivity contribution in [2.24, 2.45) is 5.73 Å². The van der Waals surface area contributed by atoms with Crippen molar-refractivity contribution in [2.45, 2.75) is 45.1 Å².